The second kappa shape index (κ2) is 5.47. The summed E-state index contributed by atoms with van der Waals surface area (Å²) in [6, 6.07) is 5.74. The third-order valence-corrected chi connectivity index (χ3v) is 3.42. The number of carbonyl (C=O) groups is 1. The van der Waals surface area contributed by atoms with Crippen LogP contribution < -0.4 is 0 Å². The van der Waals surface area contributed by atoms with Gasteiger partial charge in [-0.25, -0.2) is 4.79 Å². The number of hydrogen-bond acceptors (Lipinski definition) is 2. The zero-order chi connectivity index (χ0) is 14.0. The lowest BCUT2D eigenvalue weighted by atomic mass is 9.97. The number of esters is 1. The molecular weight excluding hydrogens is 238 g/mol. The van der Waals surface area contributed by atoms with Crippen LogP contribution in [0.15, 0.2) is 18.2 Å². The van der Waals surface area contributed by atoms with E-state index >= 15 is 0 Å². The van der Waals surface area contributed by atoms with Crippen LogP contribution in [0.1, 0.15) is 54.7 Å². The third-order valence-electron chi connectivity index (χ3n) is 3.42. The number of aryl methyl sites for hydroxylation is 1. The van der Waals surface area contributed by atoms with Crippen LogP contribution in [0.2, 0.25) is 0 Å². The molecule has 2 rings (SSSR count). The Bertz CT molecular complexity index is 596. The van der Waals surface area contributed by atoms with E-state index in [1.54, 1.807) is 0 Å². The molecular formula is C16H21NO2. The molecule has 1 aromatic carbocycles. The second-order valence-corrected chi connectivity index (χ2v) is 5.17. The molecule has 1 N–H and O–H groups in total. The SMILES string of the molecule is CCCc1[nH]c2cc(C(=O)OC)ccc2c1C(C)C. The Labute approximate surface area is 114 Å². The molecule has 0 aliphatic carbocycles. The molecule has 2 aromatic rings. The van der Waals surface area contributed by atoms with Gasteiger partial charge < -0.3 is 9.72 Å². The molecule has 0 unspecified atom stereocenters. The lowest BCUT2D eigenvalue weighted by Gasteiger charge is -2.07. The lowest BCUT2D eigenvalue weighted by molar-refractivity contribution is 0.0601. The van der Waals surface area contributed by atoms with Crippen molar-refractivity contribution in [3.05, 3.63) is 35.0 Å². The molecule has 3 heteroatoms. The molecule has 1 aromatic heterocycles. The van der Waals surface area contributed by atoms with Crippen molar-refractivity contribution in [2.45, 2.75) is 39.5 Å². The Morgan fingerprint density at radius 2 is 2.11 bits per heavy atom. The van der Waals surface area contributed by atoms with Gasteiger partial charge in [0.15, 0.2) is 0 Å². The fraction of sp³-hybridized carbons (Fsp3) is 0.438. The van der Waals surface area contributed by atoms with Crippen LogP contribution in [0.4, 0.5) is 0 Å². The molecule has 0 bridgehead atoms. The van der Waals surface area contributed by atoms with Gasteiger partial charge >= 0.3 is 5.97 Å². The minimum absolute atomic E-state index is 0.292. The predicted octanol–water partition coefficient (Wildman–Crippen LogP) is 4.03. The number of carbonyl (C=O) groups excluding carboxylic acids is 1. The van der Waals surface area contributed by atoms with E-state index in [0.29, 0.717) is 11.5 Å². The molecule has 0 amide bonds. The number of fused-ring (bicyclic) bond motifs is 1. The van der Waals surface area contributed by atoms with Crippen LogP contribution in [-0.2, 0) is 11.2 Å². The van der Waals surface area contributed by atoms with Crippen LogP contribution in [-0.4, -0.2) is 18.1 Å². The Morgan fingerprint density at radius 1 is 1.37 bits per heavy atom. The van der Waals surface area contributed by atoms with Gasteiger partial charge in [-0.1, -0.05) is 33.3 Å². The quantitative estimate of drug-likeness (QED) is 0.842. The van der Waals surface area contributed by atoms with Crippen LogP contribution in [0.3, 0.4) is 0 Å². The molecule has 3 nitrogen and oxygen atoms in total. The van der Waals surface area contributed by atoms with Gasteiger partial charge in [0.05, 0.1) is 12.7 Å². The maximum atomic E-state index is 11.6. The first kappa shape index (κ1) is 13.7. The highest BCUT2D eigenvalue weighted by molar-refractivity contribution is 5.95. The van der Waals surface area contributed by atoms with E-state index in [1.165, 1.54) is 23.8 Å². The van der Waals surface area contributed by atoms with E-state index in [0.717, 1.165) is 18.4 Å². The average Bonchev–Trinajstić information content (AvgIpc) is 2.75. The van der Waals surface area contributed by atoms with Crippen molar-refractivity contribution in [3.8, 4) is 0 Å². The van der Waals surface area contributed by atoms with Crippen LogP contribution >= 0.6 is 0 Å². The van der Waals surface area contributed by atoms with Crippen molar-refractivity contribution in [2.75, 3.05) is 7.11 Å². The zero-order valence-electron chi connectivity index (χ0n) is 12.0. The van der Waals surface area contributed by atoms with Crippen molar-refractivity contribution in [3.63, 3.8) is 0 Å². The number of nitrogens with one attached hydrogen (secondary N) is 1. The number of rotatable bonds is 4. The van der Waals surface area contributed by atoms with E-state index in [4.69, 9.17) is 4.74 Å². The fourth-order valence-corrected chi connectivity index (χ4v) is 2.63. The van der Waals surface area contributed by atoms with Crippen molar-refractivity contribution in [1.82, 2.24) is 4.98 Å². The van der Waals surface area contributed by atoms with Crippen molar-refractivity contribution in [2.24, 2.45) is 0 Å². The number of H-pyrrole nitrogens is 1. The van der Waals surface area contributed by atoms with Gasteiger partial charge in [-0.3, -0.25) is 0 Å². The van der Waals surface area contributed by atoms with Crippen LogP contribution in [0.5, 0.6) is 0 Å². The number of hydrogen-bond donors (Lipinski definition) is 1. The van der Waals surface area contributed by atoms with Gasteiger partial charge in [0, 0.05) is 16.6 Å². The summed E-state index contributed by atoms with van der Waals surface area (Å²) in [6.07, 6.45) is 2.14. The minimum atomic E-state index is -0.292. The third kappa shape index (κ3) is 2.50. The van der Waals surface area contributed by atoms with Crippen LogP contribution in [0.25, 0.3) is 10.9 Å². The van der Waals surface area contributed by atoms with Crippen molar-refractivity contribution in [1.29, 1.82) is 0 Å². The standard InChI is InChI=1S/C16H21NO2/c1-5-6-13-15(10(2)3)12-8-7-11(16(18)19-4)9-14(12)17-13/h7-10,17H,5-6H2,1-4H3. The molecule has 1 heterocycles. The summed E-state index contributed by atoms with van der Waals surface area (Å²) in [6.45, 7) is 6.58. The second-order valence-electron chi connectivity index (χ2n) is 5.17. The Morgan fingerprint density at radius 3 is 2.68 bits per heavy atom. The molecule has 0 spiro atoms. The molecule has 19 heavy (non-hydrogen) atoms. The fourth-order valence-electron chi connectivity index (χ4n) is 2.63. The molecule has 0 saturated carbocycles. The first-order chi connectivity index (χ1) is 9.08. The maximum Gasteiger partial charge on any atom is 0.337 e. The number of aromatic nitrogens is 1. The van der Waals surface area contributed by atoms with Crippen molar-refractivity contribution >= 4 is 16.9 Å². The highest BCUT2D eigenvalue weighted by Crippen LogP contribution is 2.30. The Kier molecular flexibility index (Phi) is 3.93. The molecule has 0 saturated heterocycles. The largest absolute Gasteiger partial charge is 0.465 e. The van der Waals surface area contributed by atoms with Gasteiger partial charge in [0.2, 0.25) is 0 Å². The summed E-state index contributed by atoms with van der Waals surface area (Å²) in [4.78, 5) is 15.0. The summed E-state index contributed by atoms with van der Waals surface area (Å²) in [5, 5.41) is 1.21. The first-order valence-corrected chi connectivity index (χ1v) is 6.81. The molecule has 102 valence electrons. The van der Waals surface area contributed by atoms with E-state index in [9.17, 15) is 4.79 Å². The highest BCUT2D eigenvalue weighted by atomic mass is 16.5. The van der Waals surface area contributed by atoms with E-state index in [2.05, 4.69) is 25.8 Å². The van der Waals surface area contributed by atoms with Gasteiger partial charge in [-0.2, -0.15) is 0 Å². The molecule has 0 radical (unpaired) electrons. The average molecular weight is 259 g/mol. The van der Waals surface area contributed by atoms with E-state index < -0.39 is 0 Å². The number of methoxy groups -OCH3 is 1. The molecule has 0 aliphatic rings. The molecule has 0 fully saturated rings. The normalized spacial score (nSPS) is 11.2. The molecule has 0 atom stereocenters. The monoisotopic (exact) mass is 259 g/mol. The van der Waals surface area contributed by atoms with Gasteiger partial charge in [0.1, 0.15) is 0 Å². The Balaban J connectivity index is 2.59. The minimum Gasteiger partial charge on any atom is -0.465 e. The summed E-state index contributed by atoms with van der Waals surface area (Å²) < 4.78 is 4.76. The summed E-state index contributed by atoms with van der Waals surface area (Å²) in [5.41, 5.74) is 4.27. The topological polar surface area (TPSA) is 42.1 Å². The van der Waals surface area contributed by atoms with E-state index in [-0.39, 0.29) is 5.97 Å². The van der Waals surface area contributed by atoms with Crippen molar-refractivity contribution < 1.29 is 9.53 Å². The Hall–Kier alpha value is -1.77. The highest BCUT2D eigenvalue weighted by Gasteiger charge is 2.15. The maximum absolute atomic E-state index is 11.6. The first-order valence-electron chi connectivity index (χ1n) is 6.81. The smallest absolute Gasteiger partial charge is 0.337 e. The summed E-state index contributed by atoms with van der Waals surface area (Å²) in [5.74, 6) is 0.180. The van der Waals surface area contributed by atoms with Crippen LogP contribution in [0, 0.1) is 0 Å². The number of aromatic amines is 1. The summed E-state index contributed by atoms with van der Waals surface area (Å²) in [7, 11) is 1.41. The van der Waals surface area contributed by atoms with Gasteiger partial charge in [-0.05, 0) is 30.0 Å². The molecule has 0 aliphatic heterocycles. The number of ether oxygens (including phenoxy) is 1. The van der Waals surface area contributed by atoms with Gasteiger partial charge in [-0.15, -0.1) is 0 Å². The summed E-state index contributed by atoms with van der Waals surface area (Å²) >= 11 is 0. The zero-order valence-corrected chi connectivity index (χ0v) is 12.0. The number of benzene rings is 1. The van der Waals surface area contributed by atoms with Gasteiger partial charge in [0.25, 0.3) is 0 Å². The van der Waals surface area contributed by atoms with E-state index in [1.807, 2.05) is 18.2 Å². The lowest BCUT2D eigenvalue weighted by Crippen LogP contribution is -2.00. The predicted molar refractivity (Wildman–Crippen MR) is 77.7 cm³/mol.